The maximum Gasteiger partial charge on any atom is 0.165 e. The van der Waals surface area contributed by atoms with E-state index in [9.17, 15) is 4.79 Å². The van der Waals surface area contributed by atoms with Crippen LogP contribution in [0.5, 0.6) is 0 Å². The molecule has 64 valence electrons. The van der Waals surface area contributed by atoms with Gasteiger partial charge in [-0.15, -0.1) is 0 Å². The van der Waals surface area contributed by atoms with Crippen molar-refractivity contribution in [1.29, 1.82) is 0 Å². The highest BCUT2D eigenvalue weighted by Gasteiger charge is 2.46. The van der Waals surface area contributed by atoms with Gasteiger partial charge in [-0.25, -0.2) is 0 Å². The molecule has 1 fully saturated rings. The highest BCUT2D eigenvalue weighted by atomic mass is 16.6. The summed E-state index contributed by atoms with van der Waals surface area (Å²) in [5.41, 5.74) is 0.903. The summed E-state index contributed by atoms with van der Waals surface area (Å²) < 4.78 is 10.8. The minimum Gasteiger partial charge on any atom is -0.497 e. The fourth-order valence-corrected chi connectivity index (χ4v) is 1.99. The minimum atomic E-state index is 0.269. The number of hydrogen-bond donors (Lipinski definition) is 0. The van der Waals surface area contributed by atoms with Crippen LogP contribution in [0.4, 0.5) is 0 Å². The SMILES string of the molecule is O=C1CCOC2=C1CC1OC1C2. The van der Waals surface area contributed by atoms with Gasteiger partial charge in [0.15, 0.2) is 5.78 Å². The molecule has 2 atom stereocenters. The zero-order valence-corrected chi connectivity index (χ0v) is 6.71. The van der Waals surface area contributed by atoms with Crippen molar-refractivity contribution < 1.29 is 14.3 Å². The molecular weight excluding hydrogens is 156 g/mol. The van der Waals surface area contributed by atoms with Crippen LogP contribution in [0, 0.1) is 0 Å². The summed E-state index contributed by atoms with van der Waals surface area (Å²) in [5.74, 6) is 1.18. The zero-order chi connectivity index (χ0) is 8.13. The first-order chi connectivity index (χ1) is 5.84. The van der Waals surface area contributed by atoms with Crippen molar-refractivity contribution in [3.63, 3.8) is 0 Å². The maximum atomic E-state index is 11.4. The Morgan fingerprint density at radius 3 is 3.00 bits per heavy atom. The van der Waals surface area contributed by atoms with Crippen molar-refractivity contribution in [2.75, 3.05) is 6.61 Å². The number of rotatable bonds is 0. The molecule has 0 spiro atoms. The molecule has 0 saturated carbocycles. The van der Waals surface area contributed by atoms with Crippen molar-refractivity contribution in [3.8, 4) is 0 Å². The second-order valence-electron chi connectivity index (χ2n) is 3.54. The van der Waals surface area contributed by atoms with Crippen LogP contribution in [-0.4, -0.2) is 24.6 Å². The predicted molar refractivity (Wildman–Crippen MR) is 40.5 cm³/mol. The van der Waals surface area contributed by atoms with E-state index in [0.717, 1.165) is 24.2 Å². The second kappa shape index (κ2) is 2.10. The Balaban J connectivity index is 1.95. The predicted octanol–water partition coefficient (Wildman–Crippen LogP) is 0.791. The average Bonchev–Trinajstić information content (AvgIpc) is 2.79. The molecule has 0 amide bonds. The van der Waals surface area contributed by atoms with Gasteiger partial charge >= 0.3 is 0 Å². The molecular formula is C9H10O3. The molecule has 0 N–H and O–H groups in total. The van der Waals surface area contributed by atoms with E-state index in [1.54, 1.807) is 0 Å². The summed E-state index contributed by atoms with van der Waals surface area (Å²) in [6.45, 7) is 0.565. The maximum absolute atomic E-state index is 11.4. The van der Waals surface area contributed by atoms with Gasteiger partial charge in [-0.3, -0.25) is 4.79 Å². The van der Waals surface area contributed by atoms with Gasteiger partial charge in [-0.1, -0.05) is 0 Å². The topological polar surface area (TPSA) is 38.8 Å². The number of Topliss-reactive ketones (excluding diaryl/α,β-unsaturated/α-hetero) is 1. The lowest BCUT2D eigenvalue weighted by Gasteiger charge is -2.21. The molecule has 0 aromatic rings. The van der Waals surface area contributed by atoms with E-state index in [1.807, 2.05) is 0 Å². The van der Waals surface area contributed by atoms with Crippen LogP contribution in [0.1, 0.15) is 19.3 Å². The van der Waals surface area contributed by atoms with Crippen molar-refractivity contribution in [2.24, 2.45) is 0 Å². The van der Waals surface area contributed by atoms with Crippen LogP contribution in [0.25, 0.3) is 0 Å². The number of fused-ring (bicyclic) bond motifs is 1. The van der Waals surface area contributed by atoms with Gasteiger partial charge in [0.25, 0.3) is 0 Å². The number of ketones is 1. The Morgan fingerprint density at radius 1 is 1.25 bits per heavy atom. The van der Waals surface area contributed by atoms with Crippen LogP contribution in [0.3, 0.4) is 0 Å². The molecule has 0 bridgehead atoms. The normalized spacial score (nSPS) is 38.5. The van der Waals surface area contributed by atoms with E-state index >= 15 is 0 Å². The smallest absolute Gasteiger partial charge is 0.165 e. The molecule has 2 heterocycles. The molecule has 3 heteroatoms. The number of carbonyl (C=O) groups excluding carboxylic acids is 1. The summed E-state index contributed by atoms with van der Waals surface area (Å²) in [5, 5.41) is 0. The molecule has 3 rings (SSSR count). The number of epoxide rings is 1. The van der Waals surface area contributed by atoms with E-state index in [-0.39, 0.29) is 5.78 Å². The molecule has 0 aromatic heterocycles. The molecule has 2 unspecified atom stereocenters. The Morgan fingerprint density at radius 2 is 2.08 bits per heavy atom. The quantitative estimate of drug-likeness (QED) is 0.499. The van der Waals surface area contributed by atoms with E-state index in [0.29, 0.717) is 25.2 Å². The summed E-state index contributed by atoms with van der Waals surface area (Å²) in [4.78, 5) is 11.4. The van der Waals surface area contributed by atoms with E-state index in [4.69, 9.17) is 9.47 Å². The highest BCUT2D eigenvalue weighted by Crippen LogP contribution is 2.41. The van der Waals surface area contributed by atoms with Crippen molar-refractivity contribution in [2.45, 2.75) is 31.5 Å². The first-order valence-electron chi connectivity index (χ1n) is 4.38. The first-order valence-corrected chi connectivity index (χ1v) is 4.38. The van der Waals surface area contributed by atoms with Crippen molar-refractivity contribution in [1.82, 2.24) is 0 Å². The standard InChI is InChI=1S/C9H10O3/c10-6-1-2-11-7-4-9-8(12-9)3-5(6)7/h8-9H,1-4H2. The molecule has 3 aliphatic rings. The first kappa shape index (κ1) is 6.66. The van der Waals surface area contributed by atoms with Crippen LogP contribution in [0.2, 0.25) is 0 Å². The molecule has 3 nitrogen and oxygen atoms in total. The zero-order valence-electron chi connectivity index (χ0n) is 6.71. The van der Waals surface area contributed by atoms with E-state index < -0.39 is 0 Å². The van der Waals surface area contributed by atoms with Gasteiger partial charge in [0.1, 0.15) is 5.76 Å². The van der Waals surface area contributed by atoms with E-state index in [1.165, 1.54) is 0 Å². The lowest BCUT2D eigenvalue weighted by Crippen LogP contribution is -2.22. The number of hydrogen-bond acceptors (Lipinski definition) is 3. The van der Waals surface area contributed by atoms with Crippen LogP contribution < -0.4 is 0 Å². The molecule has 2 aliphatic heterocycles. The summed E-state index contributed by atoms with van der Waals surface area (Å²) in [7, 11) is 0. The Bertz CT molecular complexity index is 279. The third-order valence-corrected chi connectivity index (χ3v) is 2.76. The lowest BCUT2D eigenvalue weighted by molar-refractivity contribution is -0.118. The van der Waals surface area contributed by atoms with E-state index in [2.05, 4.69) is 0 Å². The highest BCUT2D eigenvalue weighted by molar-refractivity contribution is 5.96. The summed E-state index contributed by atoms with van der Waals surface area (Å²) in [6.07, 6.45) is 2.85. The van der Waals surface area contributed by atoms with Gasteiger partial charge < -0.3 is 9.47 Å². The molecule has 1 saturated heterocycles. The number of carbonyl (C=O) groups is 1. The molecule has 0 radical (unpaired) electrons. The largest absolute Gasteiger partial charge is 0.497 e. The summed E-state index contributed by atoms with van der Waals surface area (Å²) >= 11 is 0. The van der Waals surface area contributed by atoms with Gasteiger partial charge in [-0.05, 0) is 0 Å². The third kappa shape index (κ3) is 0.829. The van der Waals surface area contributed by atoms with Gasteiger partial charge in [0.2, 0.25) is 0 Å². The van der Waals surface area contributed by atoms with Gasteiger partial charge in [0, 0.05) is 24.8 Å². The average molecular weight is 166 g/mol. The van der Waals surface area contributed by atoms with Crippen molar-refractivity contribution in [3.05, 3.63) is 11.3 Å². The molecule has 1 aliphatic carbocycles. The van der Waals surface area contributed by atoms with Crippen LogP contribution in [0.15, 0.2) is 11.3 Å². The Kier molecular flexibility index (Phi) is 1.17. The van der Waals surface area contributed by atoms with Crippen molar-refractivity contribution >= 4 is 5.78 Å². The fourth-order valence-electron chi connectivity index (χ4n) is 1.99. The van der Waals surface area contributed by atoms with Crippen LogP contribution >= 0.6 is 0 Å². The van der Waals surface area contributed by atoms with Crippen LogP contribution in [-0.2, 0) is 14.3 Å². The number of ether oxygens (including phenoxy) is 2. The fraction of sp³-hybridized carbons (Fsp3) is 0.667. The lowest BCUT2D eigenvalue weighted by atomic mass is 9.92. The van der Waals surface area contributed by atoms with Gasteiger partial charge in [0.05, 0.1) is 18.8 Å². The molecule has 0 aromatic carbocycles. The Labute approximate surface area is 70.3 Å². The Hall–Kier alpha value is -0.830. The second-order valence-corrected chi connectivity index (χ2v) is 3.54. The minimum absolute atomic E-state index is 0.269. The monoisotopic (exact) mass is 166 g/mol. The third-order valence-electron chi connectivity index (χ3n) is 2.76. The summed E-state index contributed by atoms with van der Waals surface area (Å²) in [6, 6.07) is 0. The van der Waals surface area contributed by atoms with Gasteiger partial charge in [-0.2, -0.15) is 0 Å². The molecule has 12 heavy (non-hydrogen) atoms.